The fourth-order valence-corrected chi connectivity index (χ4v) is 3.11. The van der Waals surface area contributed by atoms with E-state index in [1.54, 1.807) is 12.7 Å². The number of anilines is 3. The second-order valence-corrected chi connectivity index (χ2v) is 6.00. The quantitative estimate of drug-likeness (QED) is 0.796. The molecule has 0 saturated carbocycles. The van der Waals surface area contributed by atoms with Crippen LogP contribution in [0.2, 0.25) is 0 Å². The molecule has 7 nitrogen and oxygen atoms in total. The Labute approximate surface area is 140 Å². The minimum Gasteiger partial charge on any atom is -0.357 e. The molecule has 4 rings (SSSR count). The molecule has 124 valence electrons. The van der Waals surface area contributed by atoms with Gasteiger partial charge >= 0.3 is 0 Å². The number of nitrogens with one attached hydrogen (secondary N) is 1. The molecule has 0 amide bonds. The van der Waals surface area contributed by atoms with Crippen molar-refractivity contribution in [3.05, 3.63) is 31.0 Å². The maximum absolute atomic E-state index is 4.59. The fourth-order valence-electron chi connectivity index (χ4n) is 3.11. The molecule has 1 N–H and O–H groups in total. The largest absolute Gasteiger partial charge is 0.357 e. The number of pyridine rings is 1. The topological polar surface area (TPSA) is 71.8 Å². The van der Waals surface area contributed by atoms with Crippen LogP contribution in [0.3, 0.4) is 0 Å². The van der Waals surface area contributed by atoms with Crippen LogP contribution < -0.4 is 10.2 Å². The smallest absolute Gasteiger partial charge is 0.165 e. The number of piperidine rings is 1. The molecule has 4 heterocycles. The van der Waals surface area contributed by atoms with E-state index in [1.165, 1.54) is 19.3 Å². The molecule has 3 aromatic rings. The van der Waals surface area contributed by atoms with Gasteiger partial charge in [-0.2, -0.15) is 0 Å². The Morgan fingerprint density at radius 2 is 1.92 bits per heavy atom. The Kier molecular flexibility index (Phi) is 3.98. The minimum absolute atomic E-state index is 0.708. The van der Waals surface area contributed by atoms with Gasteiger partial charge in [0, 0.05) is 19.6 Å². The summed E-state index contributed by atoms with van der Waals surface area (Å²) >= 11 is 0. The lowest BCUT2D eigenvalue weighted by atomic mass is 10.1. The van der Waals surface area contributed by atoms with Gasteiger partial charge in [0.15, 0.2) is 17.0 Å². The molecule has 1 fully saturated rings. The first-order valence-corrected chi connectivity index (χ1v) is 8.49. The SMILES string of the molecule is CCn1cnc2c(Nc3ccc(N4CCCCC4)nc3)ncnc21. The molecule has 0 radical (unpaired) electrons. The Morgan fingerprint density at radius 1 is 1.04 bits per heavy atom. The first-order valence-electron chi connectivity index (χ1n) is 8.49. The van der Waals surface area contributed by atoms with Crippen molar-refractivity contribution in [3.8, 4) is 0 Å². The first kappa shape index (κ1) is 14.9. The number of aromatic nitrogens is 5. The number of aryl methyl sites for hydroxylation is 1. The summed E-state index contributed by atoms with van der Waals surface area (Å²) in [7, 11) is 0. The molecule has 1 saturated heterocycles. The summed E-state index contributed by atoms with van der Waals surface area (Å²) in [6.45, 7) is 5.10. The van der Waals surface area contributed by atoms with Crippen LogP contribution in [0.25, 0.3) is 11.2 Å². The van der Waals surface area contributed by atoms with Crippen LogP contribution >= 0.6 is 0 Å². The Hall–Kier alpha value is -2.70. The van der Waals surface area contributed by atoms with Crippen LogP contribution in [0.15, 0.2) is 31.0 Å². The van der Waals surface area contributed by atoms with E-state index in [0.717, 1.165) is 42.3 Å². The highest BCUT2D eigenvalue weighted by Gasteiger charge is 2.13. The molecule has 0 aliphatic carbocycles. The number of imidazole rings is 1. The van der Waals surface area contributed by atoms with E-state index in [1.807, 2.05) is 16.8 Å². The Morgan fingerprint density at radius 3 is 2.67 bits per heavy atom. The summed E-state index contributed by atoms with van der Waals surface area (Å²) in [4.78, 5) is 20.0. The van der Waals surface area contributed by atoms with Crippen molar-refractivity contribution >= 4 is 28.5 Å². The molecular formula is C17H21N7. The van der Waals surface area contributed by atoms with Crippen LogP contribution in [0.5, 0.6) is 0 Å². The van der Waals surface area contributed by atoms with Gasteiger partial charge in [0.2, 0.25) is 0 Å². The van der Waals surface area contributed by atoms with E-state index in [4.69, 9.17) is 0 Å². The van der Waals surface area contributed by atoms with Gasteiger partial charge in [-0.1, -0.05) is 0 Å². The van der Waals surface area contributed by atoms with Gasteiger partial charge < -0.3 is 14.8 Å². The van der Waals surface area contributed by atoms with Crippen LogP contribution in [-0.2, 0) is 6.54 Å². The molecule has 1 aliphatic rings. The average Bonchev–Trinajstić information content (AvgIpc) is 3.07. The van der Waals surface area contributed by atoms with Crippen molar-refractivity contribution in [1.82, 2.24) is 24.5 Å². The number of fused-ring (bicyclic) bond motifs is 1. The zero-order valence-corrected chi connectivity index (χ0v) is 13.8. The molecule has 24 heavy (non-hydrogen) atoms. The van der Waals surface area contributed by atoms with E-state index in [2.05, 4.69) is 43.1 Å². The molecule has 0 bridgehead atoms. The monoisotopic (exact) mass is 323 g/mol. The van der Waals surface area contributed by atoms with Gasteiger partial charge in [-0.05, 0) is 38.3 Å². The lowest BCUT2D eigenvalue weighted by molar-refractivity contribution is 0.573. The maximum atomic E-state index is 4.59. The van der Waals surface area contributed by atoms with Crippen LogP contribution in [-0.4, -0.2) is 37.6 Å². The van der Waals surface area contributed by atoms with E-state index in [-0.39, 0.29) is 0 Å². The summed E-state index contributed by atoms with van der Waals surface area (Å²) in [6.07, 6.45) is 9.04. The predicted octanol–water partition coefficient (Wildman–Crippen LogP) is 2.98. The number of hydrogen-bond donors (Lipinski definition) is 1. The second-order valence-electron chi connectivity index (χ2n) is 6.00. The minimum atomic E-state index is 0.708. The lowest BCUT2D eigenvalue weighted by Crippen LogP contribution is -2.29. The van der Waals surface area contributed by atoms with Gasteiger partial charge in [0.05, 0.1) is 18.2 Å². The second kappa shape index (κ2) is 6.43. The first-order chi connectivity index (χ1) is 11.8. The van der Waals surface area contributed by atoms with Crippen molar-refractivity contribution in [3.63, 3.8) is 0 Å². The standard InChI is InChI=1S/C17H21N7/c1-2-23-12-21-15-16(19-11-20-17(15)23)22-13-6-7-14(18-10-13)24-8-4-3-5-9-24/h6-7,10-12H,2-5,8-9H2,1H3,(H,19,20,22). The lowest BCUT2D eigenvalue weighted by Gasteiger charge is -2.27. The highest BCUT2D eigenvalue weighted by atomic mass is 15.2. The van der Waals surface area contributed by atoms with Crippen molar-refractivity contribution in [2.45, 2.75) is 32.7 Å². The highest BCUT2D eigenvalue weighted by Crippen LogP contribution is 2.23. The third-order valence-corrected chi connectivity index (χ3v) is 4.43. The molecule has 3 aromatic heterocycles. The van der Waals surface area contributed by atoms with E-state index >= 15 is 0 Å². The molecule has 0 unspecified atom stereocenters. The summed E-state index contributed by atoms with van der Waals surface area (Å²) < 4.78 is 2.00. The Bertz CT molecular complexity index is 819. The molecule has 0 atom stereocenters. The van der Waals surface area contributed by atoms with Crippen molar-refractivity contribution < 1.29 is 0 Å². The van der Waals surface area contributed by atoms with Gasteiger partial charge in [-0.25, -0.2) is 19.9 Å². The van der Waals surface area contributed by atoms with Crippen LogP contribution in [0.1, 0.15) is 26.2 Å². The van der Waals surface area contributed by atoms with Gasteiger partial charge in [0.25, 0.3) is 0 Å². The van der Waals surface area contributed by atoms with Gasteiger partial charge in [-0.15, -0.1) is 0 Å². The zero-order valence-electron chi connectivity index (χ0n) is 13.8. The van der Waals surface area contributed by atoms with Crippen LogP contribution in [0.4, 0.5) is 17.3 Å². The zero-order chi connectivity index (χ0) is 16.4. The number of nitrogens with zero attached hydrogens (tertiary/aromatic N) is 6. The normalized spacial score (nSPS) is 15.0. The average molecular weight is 323 g/mol. The molecule has 1 aliphatic heterocycles. The molecule has 0 aromatic carbocycles. The van der Waals surface area contributed by atoms with E-state index < -0.39 is 0 Å². The summed E-state index contributed by atoms with van der Waals surface area (Å²) in [5.41, 5.74) is 2.52. The van der Waals surface area contributed by atoms with Crippen molar-refractivity contribution in [2.75, 3.05) is 23.3 Å². The van der Waals surface area contributed by atoms with E-state index in [9.17, 15) is 0 Å². The molecular weight excluding hydrogens is 302 g/mol. The van der Waals surface area contributed by atoms with Gasteiger partial charge in [0.1, 0.15) is 12.1 Å². The number of rotatable bonds is 4. The van der Waals surface area contributed by atoms with Crippen molar-refractivity contribution in [1.29, 1.82) is 0 Å². The Balaban J connectivity index is 1.56. The fraction of sp³-hybridized carbons (Fsp3) is 0.412. The maximum Gasteiger partial charge on any atom is 0.165 e. The summed E-state index contributed by atoms with van der Waals surface area (Å²) in [5.74, 6) is 1.75. The molecule has 7 heteroatoms. The molecule has 0 spiro atoms. The highest BCUT2D eigenvalue weighted by molar-refractivity contribution is 5.85. The van der Waals surface area contributed by atoms with Gasteiger partial charge in [-0.3, -0.25) is 0 Å². The van der Waals surface area contributed by atoms with Crippen molar-refractivity contribution in [2.24, 2.45) is 0 Å². The van der Waals surface area contributed by atoms with E-state index in [0.29, 0.717) is 5.82 Å². The van der Waals surface area contributed by atoms with Crippen LogP contribution in [0, 0.1) is 0 Å². The third-order valence-electron chi connectivity index (χ3n) is 4.43. The third kappa shape index (κ3) is 2.77. The number of hydrogen-bond acceptors (Lipinski definition) is 6. The predicted molar refractivity (Wildman–Crippen MR) is 94.6 cm³/mol. The summed E-state index contributed by atoms with van der Waals surface area (Å²) in [5, 5.41) is 3.31. The summed E-state index contributed by atoms with van der Waals surface area (Å²) in [6, 6.07) is 4.11.